The highest BCUT2D eigenvalue weighted by atomic mass is 19.1. The molecule has 0 unspecified atom stereocenters. The van der Waals surface area contributed by atoms with Crippen LogP contribution in [0, 0.1) is 5.82 Å². The monoisotopic (exact) mass is 401 g/mol. The molecule has 1 atom stereocenters. The molecular weight excluding hydrogens is 377 g/mol. The third-order valence-corrected chi connectivity index (χ3v) is 5.54. The molecule has 0 spiro atoms. The number of aromatic nitrogens is 3. The zero-order chi connectivity index (χ0) is 20.4. The molecule has 2 aliphatic heterocycles. The Morgan fingerprint density at radius 2 is 1.93 bits per heavy atom. The van der Waals surface area contributed by atoms with Gasteiger partial charge in [0, 0.05) is 39.0 Å². The van der Waals surface area contributed by atoms with E-state index in [0.29, 0.717) is 31.9 Å². The van der Waals surface area contributed by atoms with Gasteiger partial charge in [-0.05, 0) is 37.1 Å². The first kappa shape index (κ1) is 19.4. The van der Waals surface area contributed by atoms with Crippen LogP contribution in [-0.4, -0.2) is 62.6 Å². The Hall–Kier alpha value is -2.97. The van der Waals surface area contributed by atoms with Crippen LogP contribution in [0.1, 0.15) is 37.3 Å². The summed E-state index contributed by atoms with van der Waals surface area (Å²) in [6, 6.07) is 5.58. The molecular formula is C20H24FN5O3. The number of amides is 2. The third-order valence-electron chi connectivity index (χ3n) is 5.54. The van der Waals surface area contributed by atoms with Gasteiger partial charge in [-0.25, -0.2) is 4.39 Å². The Bertz CT molecular complexity index is 898. The van der Waals surface area contributed by atoms with E-state index in [0.717, 1.165) is 31.0 Å². The molecule has 0 N–H and O–H groups in total. The van der Waals surface area contributed by atoms with E-state index in [-0.39, 0.29) is 30.2 Å². The average Bonchev–Trinajstić information content (AvgIpc) is 3.16. The van der Waals surface area contributed by atoms with E-state index in [1.165, 1.54) is 24.3 Å². The van der Waals surface area contributed by atoms with Crippen LogP contribution in [0.25, 0.3) is 0 Å². The molecule has 0 radical (unpaired) electrons. The van der Waals surface area contributed by atoms with Gasteiger partial charge in [0.1, 0.15) is 17.4 Å². The van der Waals surface area contributed by atoms with E-state index < -0.39 is 0 Å². The number of likely N-dealkylation sites (tertiary alicyclic amines) is 1. The molecule has 4 rings (SSSR count). The largest absolute Gasteiger partial charge is 0.484 e. The van der Waals surface area contributed by atoms with Crippen molar-refractivity contribution in [1.82, 2.24) is 24.6 Å². The highest BCUT2D eigenvalue weighted by Gasteiger charge is 2.31. The van der Waals surface area contributed by atoms with Crippen molar-refractivity contribution in [2.45, 2.75) is 38.8 Å². The maximum Gasteiger partial charge on any atom is 0.260 e. The fourth-order valence-corrected chi connectivity index (χ4v) is 3.94. The van der Waals surface area contributed by atoms with Gasteiger partial charge in [-0.15, -0.1) is 10.2 Å². The summed E-state index contributed by atoms with van der Waals surface area (Å²) in [5, 5.41) is 8.68. The van der Waals surface area contributed by atoms with E-state index in [2.05, 4.69) is 14.8 Å². The van der Waals surface area contributed by atoms with Crippen LogP contribution in [0.4, 0.5) is 4.39 Å². The lowest BCUT2D eigenvalue weighted by Gasteiger charge is -2.33. The standard InChI is InChI=1S/C20H24FN5O3/c1-14(27)24-8-2-3-15(11-24)20-23-22-18-12-25(9-10-26(18)20)19(28)13-29-17-6-4-16(21)5-7-17/h4-7,15H,2-3,8-13H2,1H3/t15-/m0/s1. The lowest BCUT2D eigenvalue weighted by Crippen LogP contribution is -2.42. The summed E-state index contributed by atoms with van der Waals surface area (Å²) in [5.74, 6) is 1.88. The van der Waals surface area contributed by atoms with Crippen LogP contribution < -0.4 is 4.74 Å². The third kappa shape index (κ3) is 4.23. The Morgan fingerprint density at radius 1 is 1.14 bits per heavy atom. The van der Waals surface area contributed by atoms with Gasteiger partial charge >= 0.3 is 0 Å². The van der Waals surface area contributed by atoms with Crippen molar-refractivity contribution in [2.75, 3.05) is 26.2 Å². The number of rotatable bonds is 4. The molecule has 29 heavy (non-hydrogen) atoms. The zero-order valence-electron chi connectivity index (χ0n) is 16.4. The van der Waals surface area contributed by atoms with Gasteiger partial charge in [0.15, 0.2) is 12.4 Å². The molecule has 0 saturated carbocycles. The Labute approximate surface area is 168 Å². The molecule has 2 amide bonds. The van der Waals surface area contributed by atoms with Crippen LogP contribution in [0.3, 0.4) is 0 Å². The molecule has 2 aromatic rings. The van der Waals surface area contributed by atoms with Crippen molar-refractivity contribution < 1.29 is 18.7 Å². The number of fused-ring (bicyclic) bond motifs is 1. The van der Waals surface area contributed by atoms with Gasteiger partial charge in [-0.2, -0.15) is 0 Å². The minimum atomic E-state index is -0.348. The summed E-state index contributed by atoms with van der Waals surface area (Å²) in [5.41, 5.74) is 0. The Kier molecular flexibility index (Phi) is 5.46. The predicted molar refractivity (Wildman–Crippen MR) is 102 cm³/mol. The molecule has 154 valence electrons. The first-order valence-electron chi connectivity index (χ1n) is 9.85. The summed E-state index contributed by atoms with van der Waals surface area (Å²) in [6.45, 7) is 4.50. The number of halogens is 1. The first-order valence-corrected chi connectivity index (χ1v) is 9.85. The summed E-state index contributed by atoms with van der Waals surface area (Å²) in [7, 11) is 0. The summed E-state index contributed by atoms with van der Waals surface area (Å²) >= 11 is 0. The maximum absolute atomic E-state index is 12.9. The summed E-state index contributed by atoms with van der Waals surface area (Å²) in [6.07, 6.45) is 1.94. The van der Waals surface area contributed by atoms with E-state index >= 15 is 0 Å². The maximum atomic E-state index is 12.9. The predicted octanol–water partition coefficient (Wildman–Crippen LogP) is 1.56. The van der Waals surface area contributed by atoms with Crippen LogP contribution in [-0.2, 0) is 22.7 Å². The lowest BCUT2D eigenvalue weighted by molar-refractivity contribution is -0.135. The van der Waals surface area contributed by atoms with E-state index in [9.17, 15) is 14.0 Å². The Morgan fingerprint density at radius 3 is 2.69 bits per heavy atom. The summed E-state index contributed by atoms with van der Waals surface area (Å²) in [4.78, 5) is 27.8. The highest BCUT2D eigenvalue weighted by molar-refractivity contribution is 5.77. The second-order valence-corrected chi connectivity index (χ2v) is 7.49. The van der Waals surface area contributed by atoms with Gasteiger partial charge in [0.25, 0.3) is 5.91 Å². The summed E-state index contributed by atoms with van der Waals surface area (Å²) < 4.78 is 20.5. The van der Waals surface area contributed by atoms with Crippen LogP contribution >= 0.6 is 0 Å². The van der Waals surface area contributed by atoms with Gasteiger partial charge in [-0.3, -0.25) is 9.59 Å². The number of hydrogen-bond acceptors (Lipinski definition) is 5. The van der Waals surface area contributed by atoms with E-state index in [1.807, 2.05) is 4.90 Å². The normalized spacial score (nSPS) is 19.0. The van der Waals surface area contributed by atoms with E-state index in [4.69, 9.17) is 4.74 Å². The van der Waals surface area contributed by atoms with Crippen LogP contribution in [0.5, 0.6) is 5.75 Å². The van der Waals surface area contributed by atoms with E-state index in [1.54, 1.807) is 11.8 Å². The first-order chi connectivity index (χ1) is 14.0. The molecule has 3 heterocycles. The lowest BCUT2D eigenvalue weighted by atomic mass is 9.97. The second-order valence-electron chi connectivity index (χ2n) is 7.49. The molecule has 1 saturated heterocycles. The molecule has 1 fully saturated rings. The SMILES string of the molecule is CC(=O)N1CCC[C@H](c2nnc3n2CCN(C(=O)COc2ccc(F)cc2)C3)C1. The molecule has 1 aromatic carbocycles. The number of hydrogen-bond donors (Lipinski definition) is 0. The number of nitrogens with zero attached hydrogens (tertiary/aromatic N) is 5. The number of benzene rings is 1. The van der Waals surface area contributed by atoms with Crippen LogP contribution in [0.15, 0.2) is 24.3 Å². The molecule has 0 aliphatic carbocycles. The molecule has 0 bridgehead atoms. The molecule has 1 aromatic heterocycles. The minimum absolute atomic E-state index is 0.0889. The molecule has 9 heteroatoms. The van der Waals surface area contributed by atoms with Gasteiger partial charge in [0.05, 0.1) is 6.54 Å². The van der Waals surface area contributed by atoms with Gasteiger partial charge in [-0.1, -0.05) is 0 Å². The van der Waals surface area contributed by atoms with Crippen molar-refractivity contribution in [3.63, 3.8) is 0 Å². The zero-order valence-corrected chi connectivity index (χ0v) is 16.4. The van der Waals surface area contributed by atoms with Crippen LogP contribution in [0.2, 0.25) is 0 Å². The average molecular weight is 401 g/mol. The van der Waals surface area contributed by atoms with Crippen molar-refractivity contribution in [3.05, 3.63) is 41.7 Å². The second kappa shape index (κ2) is 8.18. The van der Waals surface area contributed by atoms with Gasteiger partial charge in [0.2, 0.25) is 5.91 Å². The number of piperidine rings is 1. The smallest absolute Gasteiger partial charge is 0.260 e. The Balaban J connectivity index is 1.37. The van der Waals surface area contributed by atoms with Gasteiger partial charge < -0.3 is 19.1 Å². The van der Waals surface area contributed by atoms with Crippen molar-refractivity contribution >= 4 is 11.8 Å². The number of carbonyl (C=O) groups is 2. The fraction of sp³-hybridized carbons (Fsp3) is 0.500. The fourth-order valence-electron chi connectivity index (χ4n) is 3.94. The highest BCUT2D eigenvalue weighted by Crippen LogP contribution is 2.27. The van der Waals surface area contributed by atoms with Crippen molar-refractivity contribution in [3.8, 4) is 5.75 Å². The number of ether oxygens (including phenoxy) is 1. The van der Waals surface area contributed by atoms with Crippen molar-refractivity contribution in [1.29, 1.82) is 0 Å². The van der Waals surface area contributed by atoms with Crippen molar-refractivity contribution in [2.24, 2.45) is 0 Å². The minimum Gasteiger partial charge on any atom is -0.484 e. The molecule has 2 aliphatic rings. The topological polar surface area (TPSA) is 80.6 Å². The molecule has 8 nitrogen and oxygen atoms in total. The quantitative estimate of drug-likeness (QED) is 0.777. The number of carbonyl (C=O) groups excluding carboxylic acids is 2.